The van der Waals surface area contributed by atoms with Crippen molar-refractivity contribution >= 4 is 22.5 Å². The summed E-state index contributed by atoms with van der Waals surface area (Å²) >= 11 is 0. The Balaban J connectivity index is 1.72. The van der Waals surface area contributed by atoms with E-state index in [2.05, 4.69) is 4.98 Å². The highest BCUT2D eigenvalue weighted by atomic mass is 16.5. The standard InChI is InChI=1S/C18H16N2O2/c1-20(13-5-6-17-12(11-13)8-10-22-17)18(21)15-3-2-4-16-14(15)7-9-19-16/h2-7,9,11,19H,8,10H2,1H3. The van der Waals surface area contributed by atoms with Gasteiger partial charge < -0.3 is 14.6 Å². The maximum Gasteiger partial charge on any atom is 0.258 e. The number of carbonyl (C=O) groups excluding carboxylic acids is 1. The van der Waals surface area contributed by atoms with Gasteiger partial charge in [0.25, 0.3) is 5.91 Å². The van der Waals surface area contributed by atoms with Crippen molar-refractivity contribution in [2.45, 2.75) is 6.42 Å². The van der Waals surface area contributed by atoms with E-state index in [0.717, 1.165) is 40.9 Å². The van der Waals surface area contributed by atoms with Crippen LogP contribution in [0.1, 0.15) is 15.9 Å². The van der Waals surface area contributed by atoms with Crippen molar-refractivity contribution in [2.75, 3.05) is 18.6 Å². The summed E-state index contributed by atoms with van der Waals surface area (Å²) < 4.78 is 5.52. The molecule has 0 spiro atoms. The molecular formula is C18H16N2O2. The van der Waals surface area contributed by atoms with Crippen LogP contribution < -0.4 is 9.64 Å². The van der Waals surface area contributed by atoms with E-state index in [1.54, 1.807) is 4.90 Å². The third-order valence-electron chi connectivity index (χ3n) is 4.19. The highest BCUT2D eigenvalue weighted by molar-refractivity contribution is 6.13. The summed E-state index contributed by atoms with van der Waals surface area (Å²) in [5.41, 5.74) is 3.73. The van der Waals surface area contributed by atoms with Crippen molar-refractivity contribution in [1.82, 2.24) is 4.98 Å². The fraction of sp³-hybridized carbons (Fsp3) is 0.167. The monoisotopic (exact) mass is 292 g/mol. The van der Waals surface area contributed by atoms with Crippen LogP contribution in [0.15, 0.2) is 48.7 Å². The Morgan fingerprint density at radius 3 is 3.05 bits per heavy atom. The van der Waals surface area contributed by atoms with Gasteiger partial charge in [0.15, 0.2) is 0 Å². The van der Waals surface area contributed by atoms with Gasteiger partial charge in [0, 0.05) is 41.8 Å². The molecule has 0 unspecified atom stereocenters. The van der Waals surface area contributed by atoms with Crippen LogP contribution in [-0.2, 0) is 6.42 Å². The minimum atomic E-state index is -0.0101. The summed E-state index contributed by atoms with van der Waals surface area (Å²) in [6, 6.07) is 13.6. The van der Waals surface area contributed by atoms with Crippen LogP contribution in [0, 0.1) is 0 Å². The van der Waals surface area contributed by atoms with E-state index < -0.39 is 0 Å². The molecule has 4 rings (SSSR count). The average molecular weight is 292 g/mol. The zero-order chi connectivity index (χ0) is 15.1. The SMILES string of the molecule is CN(C(=O)c1cccc2[nH]ccc12)c1ccc2c(c1)CCO2. The van der Waals surface area contributed by atoms with Gasteiger partial charge in [-0.2, -0.15) is 0 Å². The molecule has 110 valence electrons. The molecule has 1 N–H and O–H groups in total. The highest BCUT2D eigenvalue weighted by Gasteiger charge is 2.19. The number of aromatic amines is 1. The molecule has 0 radical (unpaired) electrons. The molecule has 0 atom stereocenters. The van der Waals surface area contributed by atoms with Gasteiger partial charge in [-0.1, -0.05) is 6.07 Å². The van der Waals surface area contributed by atoms with E-state index in [1.807, 2.05) is 55.7 Å². The first-order valence-electron chi connectivity index (χ1n) is 7.34. The number of carbonyl (C=O) groups is 1. The number of nitrogens with one attached hydrogen (secondary N) is 1. The molecule has 0 bridgehead atoms. The maximum atomic E-state index is 12.8. The molecule has 4 nitrogen and oxygen atoms in total. The predicted octanol–water partition coefficient (Wildman–Crippen LogP) is 3.38. The van der Waals surface area contributed by atoms with Gasteiger partial charge in [0.1, 0.15) is 5.75 Å². The summed E-state index contributed by atoms with van der Waals surface area (Å²) in [6.45, 7) is 0.721. The zero-order valence-electron chi connectivity index (χ0n) is 12.3. The minimum Gasteiger partial charge on any atom is -0.493 e. The lowest BCUT2D eigenvalue weighted by molar-refractivity contribution is 0.0994. The van der Waals surface area contributed by atoms with Crippen molar-refractivity contribution in [1.29, 1.82) is 0 Å². The van der Waals surface area contributed by atoms with Gasteiger partial charge >= 0.3 is 0 Å². The molecule has 0 aliphatic carbocycles. The van der Waals surface area contributed by atoms with E-state index in [0.29, 0.717) is 5.56 Å². The van der Waals surface area contributed by atoms with Gasteiger partial charge in [0.05, 0.1) is 6.61 Å². The van der Waals surface area contributed by atoms with Crippen molar-refractivity contribution in [3.05, 3.63) is 59.8 Å². The second-order valence-corrected chi connectivity index (χ2v) is 5.50. The fourth-order valence-electron chi connectivity index (χ4n) is 2.95. The lowest BCUT2D eigenvalue weighted by Crippen LogP contribution is -2.26. The number of rotatable bonds is 2. The van der Waals surface area contributed by atoms with Crippen molar-refractivity contribution in [3.8, 4) is 5.75 Å². The molecule has 2 aromatic carbocycles. The van der Waals surface area contributed by atoms with Crippen LogP contribution in [0.4, 0.5) is 5.69 Å². The molecule has 0 saturated heterocycles. The lowest BCUT2D eigenvalue weighted by Gasteiger charge is -2.18. The van der Waals surface area contributed by atoms with Crippen LogP contribution in [0.3, 0.4) is 0 Å². The Labute approximate surface area is 128 Å². The van der Waals surface area contributed by atoms with Crippen LogP contribution in [-0.4, -0.2) is 24.5 Å². The van der Waals surface area contributed by atoms with Crippen molar-refractivity contribution in [3.63, 3.8) is 0 Å². The first kappa shape index (κ1) is 13.0. The quantitative estimate of drug-likeness (QED) is 0.787. The summed E-state index contributed by atoms with van der Waals surface area (Å²) in [5, 5.41) is 0.948. The van der Waals surface area contributed by atoms with Gasteiger partial charge in [-0.15, -0.1) is 0 Å². The predicted molar refractivity (Wildman–Crippen MR) is 86.7 cm³/mol. The van der Waals surface area contributed by atoms with Crippen molar-refractivity contribution in [2.24, 2.45) is 0 Å². The third kappa shape index (κ3) is 1.96. The Bertz CT molecular complexity index is 866. The second kappa shape index (κ2) is 4.91. The van der Waals surface area contributed by atoms with Crippen LogP contribution in [0.5, 0.6) is 5.75 Å². The van der Waals surface area contributed by atoms with Crippen molar-refractivity contribution < 1.29 is 9.53 Å². The summed E-state index contributed by atoms with van der Waals surface area (Å²) in [4.78, 5) is 17.7. The van der Waals surface area contributed by atoms with E-state index >= 15 is 0 Å². The number of amides is 1. The first-order valence-corrected chi connectivity index (χ1v) is 7.34. The maximum absolute atomic E-state index is 12.8. The molecule has 0 saturated carbocycles. The Kier molecular flexibility index (Phi) is 2.89. The molecule has 0 fully saturated rings. The summed E-state index contributed by atoms with van der Waals surface area (Å²) in [6.07, 6.45) is 2.76. The van der Waals surface area contributed by atoms with Gasteiger partial charge in [-0.25, -0.2) is 0 Å². The number of H-pyrrole nitrogens is 1. The number of anilines is 1. The summed E-state index contributed by atoms with van der Waals surface area (Å²) in [7, 11) is 1.81. The number of hydrogen-bond acceptors (Lipinski definition) is 2. The van der Waals surface area contributed by atoms with Gasteiger partial charge in [-0.05, 0) is 42.0 Å². The van der Waals surface area contributed by atoms with Gasteiger partial charge in [0.2, 0.25) is 0 Å². The van der Waals surface area contributed by atoms with E-state index in [9.17, 15) is 4.79 Å². The molecule has 1 aliphatic heterocycles. The van der Waals surface area contributed by atoms with Crippen LogP contribution in [0.2, 0.25) is 0 Å². The molecule has 4 heteroatoms. The van der Waals surface area contributed by atoms with E-state index in [1.165, 1.54) is 0 Å². The van der Waals surface area contributed by atoms with E-state index in [-0.39, 0.29) is 5.91 Å². The first-order chi connectivity index (χ1) is 10.7. The largest absolute Gasteiger partial charge is 0.493 e. The topological polar surface area (TPSA) is 45.3 Å². The molecule has 1 aromatic heterocycles. The number of hydrogen-bond donors (Lipinski definition) is 1. The number of ether oxygens (including phenoxy) is 1. The molecular weight excluding hydrogens is 276 g/mol. The summed E-state index contributed by atoms with van der Waals surface area (Å²) in [5.74, 6) is 0.918. The second-order valence-electron chi connectivity index (χ2n) is 5.50. The van der Waals surface area contributed by atoms with Crippen LogP contribution >= 0.6 is 0 Å². The Morgan fingerprint density at radius 2 is 2.14 bits per heavy atom. The zero-order valence-corrected chi connectivity index (χ0v) is 12.3. The average Bonchev–Trinajstić information content (AvgIpc) is 3.20. The minimum absolute atomic E-state index is 0.0101. The normalized spacial score (nSPS) is 13.0. The Morgan fingerprint density at radius 1 is 1.23 bits per heavy atom. The number of benzene rings is 2. The number of aromatic nitrogens is 1. The molecule has 22 heavy (non-hydrogen) atoms. The Hall–Kier alpha value is -2.75. The third-order valence-corrected chi connectivity index (χ3v) is 4.19. The van der Waals surface area contributed by atoms with Crippen LogP contribution in [0.25, 0.3) is 10.9 Å². The number of fused-ring (bicyclic) bond motifs is 2. The number of nitrogens with zero attached hydrogens (tertiary/aromatic N) is 1. The highest BCUT2D eigenvalue weighted by Crippen LogP contribution is 2.30. The fourth-order valence-corrected chi connectivity index (χ4v) is 2.95. The van der Waals surface area contributed by atoms with Gasteiger partial charge in [-0.3, -0.25) is 4.79 Å². The molecule has 2 heterocycles. The molecule has 1 amide bonds. The smallest absolute Gasteiger partial charge is 0.258 e. The molecule has 3 aromatic rings. The van der Waals surface area contributed by atoms with E-state index in [4.69, 9.17) is 4.74 Å². The molecule has 1 aliphatic rings. The lowest BCUT2D eigenvalue weighted by atomic mass is 10.1.